The number of piperidine rings is 1. The molecule has 1 aromatic rings. The number of aryl methyl sites for hydroxylation is 1. The summed E-state index contributed by atoms with van der Waals surface area (Å²) in [4.78, 5) is 27.9. The maximum atomic E-state index is 12.5. The van der Waals surface area contributed by atoms with E-state index in [4.69, 9.17) is 11.6 Å². The summed E-state index contributed by atoms with van der Waals surface area (Å²) < 4.78 is 0. The topological polar surface area (TPSA) is 40.6 Å². The van der Waals surface area contributed by atoms with Gasteiger partial charge in [0, 0.05) is 30.7 Å². The van der Waals surface area contributed by atoms with Crippen molar-refractivity contribution in [1.82, 2.24) is 4.90 Å². The Balaban J connectivity index is 2.15. The van der Waals surface area contributed by atoms with Gasteiger partial charge in [0.2, 0.25) is 11.8 Å². The molecule has 1 aliphatic heterocycles. The van der Waals surface area contributed by atoms with Crippen LogP contribution in [0.1, 0.15) is 32.3 Å². The number of carbonyl (C=O) groups excluding carboxylic acids is 2. The van der Waals surface area contributed by atoms with E-state index >= 15 is 0 Å². The first kappa shape index (κ1) is 16.8. The fourth-order valence-electron chi connectivity index (χ4n) is 2.94. The first-order valence-electron chi connectivity index (χ1n) is 7.70. The Kier molecular flexibility index (Phi) is 5.46. The van der Waals surface area contributed by atoms with E-state index in [1.807, 2.05) is 11.8 Å². The van der Waals surface area contributed by atoms with Crippen LogP contribution in [0.15, 0.2) is 18.2 Å². The Hall–Kier alpha value is -1.55. The molecule has 0 aliphatic carbocycles. The highest BCUT2D eigenvalue weighted by atomic mass is 35.5. The van der Waals surface area contributed by atoms with Crippen molar-refractivity contribution in [3.05, 3.63) is 28.8 Å². The van der Waals surface area contributed by atoms with Gasteiger partial charge in [0.1, 0.15) is 6.54 Å². The van der Waals surface area contributed by atoms with Crippen LogP contribution in [0, 0.1) is 12.8 Å². The lowest BCUT2D eigenvalue weighted by Gasteiger charge is -2.33. The summed E-state index contributed by atoms with van der Waals surface area (Å²) in [6.07, 6.45) is 2.20. The molecule has 1 unspecified atom stereocenters. The Morgan fingerprint density at radius 1 is 1.41 bits per heavy atom. The first-order valence-corrected chi connectivity index (χ1v) is 8.08. The standard InChI is InChI=1S/C17H23ClN2O2/c1-12-5-4-8-19(10-12)17(22)11-20(14(3)21)16-7-6-15(18)9-13(16)2/h6-7,9,12H,4-5,8,10-11H2,1-3H3. The fourth-order valence-corrected chi connectivity index (χ4v) is 3.17. The van der Waals surface area contributed by atoms with Gasteiger partial charge in [-0.25, -0.2) is 0 Å². The summed E-state index contributed by atoms with van der Waals surface area (Å²) in [6.45, 7) is 7.19. The molecule has 0 radical (unpaired) electrons. The summed E-state index contributed by atoms with van der Waals surface area (Å²) >= 11 is 5.97. The number of benzene rings is 1. The third-order valence-corrected chi connectivity index (χ3v) is 4.37. The predicted molar refractivity (Wildman–Crippen MR) is 89.2 cm³/mol. The molecule has 0 spiro atoms. The van der Waals surface area contributed by atoms with E-state index in [2.05, 4.69) is 6.92 Å². The van der Waals surface area contributed by atoms with Gasteiger partial charge >= 0.3 is 0 Å². The van der Waals surface area contributed by atoms with Gasteiger partial charge < -0.3 is 9.80 Å². The molecule has 1 saturated heterocycles. The smallest absolute Gasteiger partial charge is 0.242 e. The Morgan fingerprint density at radius 2 is 2.14 bits per heavy atom. The number of anilines is 1. The van der Waals surface area contributed by atoms with Crippen LogP contribution in [0.5, 0.6) is 0 Å². The van der Waals surface area contributed by atoms with E-state index < -0.39 is 0 Å². The number of nitrogens with zero attached hydrogens (tertiary/aromatic N) is 2. The highest BCUT2D eigenvalue weighted by molar-refractivity contribution is 6.30. The van der Waals surface area contributed by atoms with E-state index in [-0.39, 0.29) is 18.4 Å². The molecule has 1 heterocycles. The fraction of sp³-hybridized carbons (Fsp3) is 0.529. The van der Waals surface area contributed by atoms with Crippen LogP contribution in [0.3, 0.4) is 0 Å². The molecule has 1 fully saturated rings. The lowest BCUT2D eigenvalue weighted by Crippen LogP contribution is -2.46. The number of likely N-dealkylation sites (tertiary alicyclic amines) is 1. The summed E-state index contributed by atoms with van der Waals surface area (Å²) in [5.74, 6) is 0.403. The zero-order chi connectivity index (χ0) is 16.3. The second kappa shape index (κ2) is 7.14. The van der Waals surface area contributed by atoms with Crippen molar-refractivity contribution >= 4 is 29.1 Å². The molecule has 1 atom stereocenters. The molecule has 22 heavy (non-hydrogen) atoms. The van der Waals surface area contributed by atoms with Crippen LogP contribution in [0.2, 0.25) is 5.02 Å². The minimum absolute atomic E-state index is 0.0103. The summed E-state index contributed by atoms with van der Waals surface area (Å²) in [5.41, 5.74) is 1.64. The van der Waals surface area contributed by atoms with Gasteiger partial charge in [0.05, 0.1) is 0 Å². The molecule has 0 N–H and O–H groups in total. The van der Waals surface area contributed by atoms with Crippen molar-refractivity contribution < 1.29 is 9.59 Å². The van der Waals surface area contributed by atoms with Crippen LogP contribution in [0.4, 0.5) is 5.69 Å². The average molecular weight is 323 g/mol. The van der Waals surface area contributed by atoms with Gasteiger partial charge in [0.25, 0.3) is 0 Å². The van der Waals surface area contributed by atoms with E-state index in [1.165, 1.54) is 11.8 Å². The molecule has 2 rings (SSSR count). The van der Waals surface area contributed by atoms with E-state index in [9.17, 15) is 9.59 Å². The summed E-state index contributed by atoms with van der Waals surface area (Å²) in [5, 5.41) is 0.626. The highest BCUT2D eigenvalue weighted by Crippen LogP contribution is 2.24. The first-order chi connectivity index (χ1) is 10.4. The number of halogens is 1. The van der Waals surface area contributed by atoms with E-state index in [0.29, 0.717) is 10.9 Å². The Labute approximate surface area is 137 Å². The Bertz CT molecular complexity index is 574. The predicted octanol–water partition coefficient (Wildman–Crippen LogP) is 3.26. The number of hydrogen-bond acceptors (Lipinski definition) is 2. The van der Waals surface area contributed by atoms with Crippen molar-refractivity contribution in [3.63, 3.8) is 0 Å². The normalized spacial score (nSPS) is 18.2. The van der Waals surface area contributed by atoms with Gasteiger partial charge in [-0.05, 0) is 49.4 Å². The Morgan fingerprint density at radius 3 is 2.73 bits per heavy atom. The largest absolute Gasteiger partial charge is 0.341 e. The van der Waals surface area contributed by atoms with Crippen LogP contribution < -0.4 is 4.90 Å². The quantitative estimate of drug-likeness (QED) is 0.857. The van der Waals surface area contributed by atoms with E-state index in [0.717, 1.165) is 37.2 Å². The lowest BCUT2D eigenvalue weighted by molar-refractivity contribution is -0.132. The molecule has 0 bridgehead atoms. The highest BCUT2D eigenvalue weighted by Gasteiger charge is 2.24. The summed E-state index contributed by atoms with van der Waals surface area (Å²) in [6, 6.07) is 5.35. The monoisotopic (exact) mass is 322 g/mol. The molecular formula is C17H23ClN2O2. The maximum Gasteiger partial charge on any atom is 0.242 e. The van der Waals surface area contributed by atoms with Crippen LogP contribution in [0.25, 0.3) is 0 Å². The van der Waals surface area contributed by atoms with Crippen LogP contribution in [-0.4, -0.2) is 36.3 Å². The third-order valence-electron chi connectivity index (χ3n) is 4.13. The van der Waals surface area contributed by atoms with Crippen molar-refractivity contribution in [1.29, 1.82) is 0 Å². The average Bonchev–Trinajstić information content (AvgIpc) is 2.45. The van der Waals surface area contributed by atoms with Crippen molar-refractivity contribution in [2.24, 2.45) is 5.92 Å². The second-order valence-electron chi connectivity index (χ2n) is 6.12. The number of carbonyl (C=O) groups is 2. The van der Waals surface area contributed by atoms with Gasteiger partial charge in [-0.15, -0.1) is 0 Å². The number of rotatable bonds is 3. The molecule has 1 aromatic carbocycles. The van der Waals surface area contributed by atoms with Gasteiger partial charge in [-0.2, -0.15) is 0 Å². The third kappa shape index (κ3) is 4.01. The molecule has 4 nitrogen and oxygen atoms in total. The summed E-state index contributed by atoms with van der Waals surface area (Å²) in [7, 11) is 0. The van der Waals surface area contributed by atoms with Crippen molar-refractivity contribution in [2.75, 3.05) is 24.5 Å². The zero-order valence-electron chi connectivity index (χ0n) is 13.4. The molecule has 0 aromatic heterocycles. The molecule has 0 saturated carbocycles. The van der Waals surface area contributed by atoms with Crippen LogP contribution >= 0.6 is 11.6 Å². The molecular weight excluding hydrogens is 300 g/mol. The number of amides is 2. The molecule has 120 valence electrons. The van der Waals surface area contributed by atoms with E-state index in [1.54, 1.807) is 18.2 Å². The minimum Gasteiger partial charge on any atom is -0.341 e. The minimum atomic E-state index is -0.135. The van der Waals surface area contributed by atoms with Crippen molar-refractivity contribution in [2.45, 2.75) is 33.6 Å². The van der Waals surface area contributed by atoms with Crippen molar-refractivity contribution in [3.8, 4) is 0 Å². The molecule has 1 aliphatic rings. The van der Waals surface area contributed by atoms with Gasteiger partial charge in [-0.3, -0.25) is 9.59 Å². The lowest BCUT2D eigenvalue weighted by atomic mass is 10.0. The number of hydrogen-bond donors (Lipinski definition) is 0. The second-order valence-corrected chi connectivity index (χ2v) is 6.56. The van der Waals surface area contributed by atoms with Gasteiger partial charge in [0.15, 0.2) is 0 Å². The SMILES string of the molecule is CC(=O)N(CC(=O)N1CCCC(C)C1)c1ccc(Cl)cc1C. The zero-order valence-corrected chi connectivity index (χ0v) is 14.2. The van der Waals surface area contributed by atoms with Crippen LogP contribution in [-0.2, 0) is 9.59 Å². The maximum absolute atomic E-state index is 12.5. The van der Waals surface area contributed by atoms with Gasteiger partial charge in [-0.1, -0.05) is 18.5 Å². The molecule has 5 heteroatoms. The molecule has 2 amide bonds.